The van der Waals surface area contributed by atoms with Gasteiger partial charge >= 0.3 is 5.97 Å². The molecule has 0 amide bonds. The fraction of sp³-hybridized carbons (Fsp3) is 0.429. The number of aliphatic carboxylic acids is 1. The van der Waals surface area contributed by atoms with E-state index in [1.807, 2.05) is 18.2 Å². The number of aliphatic hydroxyl groups is 1. The van der Waals surface area contributed by atoms with Crippen molar-refractivity contribution < 1.29 is 15.0 Å². The summed E-state index contributed by atoms with van der Waals surface area (Å²) in [6.07, 6.45) is 2.38. The number of nitrogens with one attached hydrogen (secondary N) is 1. The van der Waals surface area contributed by atoms with Crippen LogP contribution in [0.3, 0.4) is 0 Å². The largest absolute Gasteiger partial charge is 0.477 e. The minimum atomic E-state index is -1.25. The third kappa shape index (κ3) is 3.87. The molecule has 0 aliphatic heterocycles. The van der Waals surface area contributed by atoms with Crippen LogP contribution in [0.15, 0.2) is 29.4 Å². The number of rotatable bonds is 7. The van der Waals surface area contributed by atoms with Gasteiger partial charge in [-0.3, -0.25) is 0 Å². The Hall–Kier alpha value is -1.30. The Balaban J connectivity index is 2.11. The van der Waals surface area contributed by atoms with Gasteiger partial charge in [0, 0.05) is 11.4 Å². The lowest BCUT2D eigenvalue weighted by Crippen LogP contribution is -2.50. The van der Waals surface area contributed by atoms with Crippen LogP contribution < -0.4 is 5.43 Å². The zero-order valence-electron chi connectivity index (χ0n) is 11.2. The second-order valence-corrected chi connectivity index (χ2v) is 6.33. The smallest absolute Gasteiger partial charge is 0.348 e. The number of hydrogen-bond acceptors (Lipinski definition) is 4. The van der Waals surface area contributed by atoms with E-state index in [-0.39, 0.29) is 13.0 Å². The van der Waals surface area contributed by atoms with Crippen LogP contribution in [0.1, 0.15) is 18.4 Å². The van der Waals surface area contributed by atoms with Crippen LogP contribution in [0.2, 0.25) is 5.02 Å². The minimum absolute atomic E-state index is 0.0471. The van der Waals surface area contributed by atoms with Crippen molar-refractivity contribution in [2.45, 2.75) is 29.7 Å². The summed E-state index contributed by atoms with van der Waals surface area (Å²) in [4.78, 5) is 9.65. The summed E-state index contributed by atoms with van der Waals surface area (Å²) >= 11 is 12.5. The molecule has 21 heavy (non-hydrogen) atoms. The summed E-state index contributed by atoms with van der Waals surface area (Å²) in [6.45, 7) is 0.0471. The number of benzene rings is 1. The van der Waals surface area contributed by atoms with Gasteiger partial charge in [0.1, 0.15) is 11.8 Å². The first kappa shape index (κ1) is 16.1. The third-order valence-corrected chi connectivity index (χ3v) is 4.70. The summed E-state index contributed by atoms with van der Waals surface area (Å²) in [5.74, 6) is -1.16. The SMILES string of the molecule is O=C(O)C=NNC[C@](O)(Cc1ccccc1Cl)C1(Cl)CC1. The zero-order valence-corrected chi connectivity index (χ0v) is 12.7. The van der Waals surface area contributed by atoms with Crippen molar-refractivity contribution in [1.82, 2.24) is 5.43 Å². The second-order valence-electron chi connectivity index (χ2n) is 5.20. The maximum Gasteiger partial charge on any atom is 0.348 e. The monoisotopic (exact) mass is 330 g/mol. The Kier molecular flexibility index (Phi) is 4.76. The van der Waals surface area contributed by atoms with Crippen molar-refractivity contribution in [3.63, 3.8) is 0 Å². The van der Waals surface area contributed by atoms with Gasteiger partial charge in [0.25, 0.3) is 0 Å². The molecule has 1 aromatic rings. The lowest BCUT2D eigenvalue weighted by atomic mass is 9.89. The molecule has 0 saturated heterocycles. The van der Waals surface area contributed by atoms with Gasteiger partial charge < -0.3 is 15.6 Å². The molecule has 1 aromatic carbocycles. The number of hydrogen-bond donors (Lipinski definition) is 3. The molecular formula is C14H16Cl2N2O3. The zero-order chi connectivity index (χ0) is 15.5. The molecule has 7 heteroatoms. The van der Waals surface area contributed by atoms with Gasteiger partial charge in [-0.2, -0.15) is 5.10 Å². The molecule has 1 saturated carbocycles. The number of alkyl halides is 1. The molecule has 0 radical (unpaired) electrons. The van der Waals surface area contributed by atoms with Gasteiger partial charge in [0.15, 0.2) is 0 Å². The summed E-state index contributed by atoms with van der Waals surface area (Å²) in [6, 6.07) is 7.23. The maximum atomic E-state index is 10.9. The molecule has 5 nitrogen and oxygen atoms in total. The van der Waals surface area contributed by atoms with E-state index in [0.29, 0.717) is 17.9 Å². The van der Waals surface area contributed by atoms with Gasteiger partial charge in [-0.1, -0.05) is 29.8 Å². The highest BCUT2D eigenvalue weighted by molar-refractivity contribution is 6.31. The molecule has 114 valence electrons. The molecule has 0 bridgehead atoms. The summed E-state index contributed by atoms with van der Waals surface area (Å²) in [5.41, 5.74) is 2.09. The van der Waals surface area contributed by atoms with Crippen LogP contribution in [0.4, 0.5) is 0 Å². The van der Waals surface area contributed by atoms with Gasteiger partial charge in [-0.15, -0.1) is 11.6 Å². The number of carbonyl (C=O) groups is 1. The summed E-state index contributed by atoms with van der Waals surface area (Å²) < 4.78 is 0. The molecular weight excluding hydrogens is 315 g/mol. The Morgan fingerprint density at radius 1 is 1.48 bits per heavy atom. The maximum absolute atomic E-state index is 10.9. The average Bonchev–Trinajstić information content (AvgIpc) is 3.17. The van der Waals surface area contributed by atoms with E-state index in [2.05, 4.69) is 10.5 Å². The van der Waals surface area contributed by atoms with Crippen molar-refractivity contribution in [3.8, 4) is 0 Å². The highest BCUT2D eigenvalue weighted by Crippen LogP contribution is 2.52. The first-order valence-electron chi connectivity index (χ1n) is 6.50. The molecule has 0 heterocycles. The number of carboxylic acid groups (broad SMARTS) is 1. The Morgan fingerprint density at radius 2 is 2.14 bits per heavy atom. The van der Waals surface area contributed by atoms with E-state index in [4.69, 9.17) is 28.3 Å². The van der Waals surface area contributed by atoms with Crippen molar-refractivity contribution in [3.05, 3.63) is 34.9 Å². The van der Waals surface area contributed by atoms with Crippen LogP contribution in [0, 0.1) is 0 Å². The Morgan fingerprint density at radius 3 is 2.71 bits per heavy atom. The van der Waals surface area contributed by atoms with Gasteiger partial charge in [-0.25, -0.2) is 4.79 Å². The van der Waals surface area contributed by atoms with Crippen LogP contribution in [0.25, 0.3) is 0 Å². The van der Waals surface area contributed by atoms with Crippen LogP contribution in [0.5, 0.6) is 0 Å². The molecule has 1 fully saturated rings. The molecule has 1 atom stereocenters. The summed E-state index contributed by atoms with van der Waals surface area (Å²) in [5, 5.41) is 23.5. The van der Waals surface area contributed by atoms with E-state index in [0.717, 1.165) is 11.8 Å². The van der Waals surface area contributed by atoms with Crippen molar-refractivity contribution in [2.24, 2.45) is 5.10 Å². The van der Waals surface area contributed by atoms with Gasteiger partial charge in [-0.05, 0) is 24.5 Å². The normalized spacial score (nSPS) is 19.2. The first-order valence-corrected chi connectivity index (χ1v) is 7.25. The lowest BCUT2D eigenvalue weighted by molar-refractivity contribution is -0.128. The van der Waals surface area contributed by atoms with Crippen LogP contribution in [-0.2, 0) is 11.2 Å². The second kappa shape index (κ2) is 6.22. The number of carboxylic acids is 1. The highest BCUT2D eigenvalue weighted by atomic mass is 35.5. The molecule has 1 aliphatic rings. The predicted octanol–water partition coefficient (Wildman–Crippen LogP) is 2.04. The lowest BCUT2D eigenvalue weighted by Gasteiger charge is -2.33. The van der Waals surface area contributed by atoms with E-state index in [9.17, 15) is 9.90 Å². The third-order valence-electron chi connectivity index (χ3n) is 3.60. The molecule has 0 unspecified atom stereocenters. The molecule has 1 aliphatic carbocycles. The minimum Gasteiger partial charge on any atom is -0.477 e. The number of nitrogens with zero attached hydrogens (tertiary/aromatic N) is 1. The Bertz CT molecular complexity index is 561. The van der Waals surface area contributed by atoms with Crippen molar-refractivity contribution >= 4 is 35.4 Å². The fourth-order valence-corrected chi connectivity index (χ4v) is 2.62. The van der Waals surface area contributed by atoms with E-state index in [1.165, 1.54) is 0 Å². The average molecular weight is 331 g/mol. The molecule has 0 aromatic heterocycles. The van der Waals surface area contributed by atoms with Crippen LogP contribution in [-0.4, -0.2) is 39.4 Å². The number of halogens is 2. The molecule has 3 N–H and O–H groups in total. The van der Waals surface area contributed by atoms with Gasteiger partial charge in [0.05, 0.1) is 11.4 Å². The van der Waals surface area contributed by atoms with E-state index in [1.54, 1.807) is 6.07 Å². The van der Waals surface area contributed by atoms with E-state index < -0.39 is 16.4 Å². The fourth-order valence-electron chi connectivity index (χ4n) is 2.19. The molecule has 2 rings (SSSR count). The van der Waals surface area contributed by atoms with Gasteiger partial charge in [0.2, 0.25) is 0 Å². The number of hydrazone groups is 1. The molecule has 0 spiro atoms. The first-order chi connectivity index (χ1) is 9.86. The van der Waals surface area contributed by atoms with Crippen molar-refractivity contribution in [2.75, 3.05) is 6.54 Å². The summed E-state index contributed by atoms with van der Waals surface area (Å²) in [7, 11) is 0. The highest BCUT2D eigenvalue weighted by Gasteiger charge is 2.57. The Labute approximate surface area is 132 Å². The van der Waals surface area contributed by atoms with Crippen LogP contribution >= 0.6 is 23.2 Å². The topological polar surface area (TPSA) is 81.9 Å². The van der Waals surface area contributed by atoms with E-state index >= 15 is 0 Å². The quantitative estimate of drug-likeness (QED) is 0.406. The van der Waals surface area contributed by atoms with Crippen molar-refractivity contribution in [1.29, 1.82) is 0 Å². The standard InChI is InChI=1S/C14H16Cl2N2O3/c15-11-4-2-1-3-10(11)7-14(21,13(16)5-6-13)9-18-17-8-12(19)20/h1-4,8,18,21H,5-7,9H2,(H,19,20)/t14-/m1/s1. The predicted molar refractivity (Wildman–Crippen MR) is 82.1 cm³/mol.